The molecule has 4 aliphatic rings. The number of ether oxygens (including phenoxy) is 2. The Balaban J connectivity index is 1.09. The Labute approximate surface area is 221 Å². The lowest BCUT2D eigenvalue weighted by Gasteiger charge is -2.35. The third-order valence-electron chi connectivity index (χ3n) is 8.20. The van der Waals surface area contributed by atoms with Crippen LogP contribution >= 0.6 is 0 Å². The van der Waals surface area contributed by atoms with E-state index in [0.29, 0.717) is 63.8 Å². The van der Waals surface area contributed by atoms with Crippen molar-refractivity contribution in [1.82, 2.24) is 19.8 Å². The molecule has 6 rings (SSSR count). The van der Waals surface area contributed by atoms with E-state index in [1.807, 2.05) is 43.1 Å². The second-order valence-corrected chi connectivity index (χ2v) is 11.2. The van der Waals surface area contributed by atoms with E-state index in [1.54, 1.807) is 17.3 Å². The second kappa shape index (κ2) is 9.25. The van der Waals surface area contributed by atoms with Crippen LogP contribution in [0.3, 0.4) is 0 Å². The first-order valence-electron chi connectivity index (χ1n) is 13.4. The first-order valence-corrected chi connectivity index (χ1v) is 13.4. The van der Waals surface area contributed by atoms with Crippen LogP contribution in [0.5, 0.6) is 0 Å². The lowest BCUT2D eigenvalue weighted by molar-refractivity contribution is -0.134. The number of hydrogen-bond acceptors (Lipinski definition) is 8. The van der Waals surface area contributed by atoms with Crippen LogP contribution in [-0.4, -0.2) is 83.6 Å². The summed E-state index contributed by atoms with van der Waals surface area (Å²) in [6, 6.07) is 5.82. The van der Waals surface area contributed by atoms with Crippen LogP contribution in [0.2, 0.25) is 0 Å². The molecule has 2 saturated heterocycles. The van der Waals surface area contributed by atoms with Gasteiger partial charge in [0.05, 0.1) is 24.1 Å². The fourth-order valence-electron chi connectivity index (χ4n) is 5.86. The van der Waals surface area contributed by atoms with E-state index in [4.69, 9.17) is 14.5 Å². The second-order valence-electron chi connectivity index (χ2n) is 11.2. The first-order chi connectivity index (χ1) is 18.3. The first kappa shape index (κ1) is 24.6. The number of pyridine rings is 2. The zero-order valence-electron chi connectivity index (χ0n) is 21.9. The summed E-state index contributed by atoms with van der Waals surface area (Å²) in [6.07, 6.45) is 6.94. The molecule has 1 aliphatic carbocycles. The molecule has 10 heteroatoms. The average molecular weight is 520 g/mol. The SMILES string of the molecule is CC(C)COC(=O)N1CCN(c2ccc(C3(C(=O)N4CCC5(C4)OC(=O)c4cnccc45)CC3)cn2)CC1. The van der Waals surface area contributed by atoms with Gasteiger partial charge in [0.2, 0.25) is 5.91 Å². The van der Waals surface area contributed by atoms with Crippen LogP contribution in [0.4, 0.5) is 10.6 Å². The predicted octanol–water partition coefficient (Wildman–Crippen LogP) is 2.72. The van der Waals surface area contributed by atoms with E-state index < -0.39 is 11.0 Å². The minimum absolute atomic E-state index is 0.0796. The number of carbonyl (C=O) groups excluding carboxylic acids is 3. The van der Waals surface area contributed by atoms with Crippen molar-refractivity contribution in [2.45, 2.75) is 44.1 Å². The smallest absolute Gasteiger partial charge is 0.409 e. The van der Waals surface area contributed by atoms with E-state index in [9.17, 15) is 14.4 Å². The Morgan fingerprint density at radius 3 is 2.50 bits per heavy atom. The predicted molar refractivity (Wildman–Crippen MR) is 138 cm³/mol. The third-order valence-corrected chi connectivity index (χ3v) is 8.20. The molecule has 3 aliphatic heterocycles. The van der Waals surface area contributed by atoms with Gasteiger partial charge in [0, 0.05) is 63.3 Å². The summed E-state index contributed by atoms with van der Waals surface area (Å²) in [5.41, 5.74) is 0.927. The van der Waals surface area contributed by atoms with Crippen molar-refractivity contribution in [1.29, 1.82) is 0 Å². The van der Waals surface area contributed by atoms with Crippen molar-refractivity contribution < 1.29 is 23.9 Å². The van der Waals surface area contributed by atoms with Crippen LogP contribution in [0.25, 0.3) is 0 Å². The van der Waals surface area contributed by atoms with Gasteiger partial charge in [-0.05, 0) is 36.5 Å². The molecular formula is C28H33N5O5. The molecule has 0 aromatic carbocycles. The number of amides is 2. The molecule has 2 aromatic heterocycles. The Morgan fingerprint density at radius 1 is 1.03 bits per heavy atom. The van der Waals surface area contributed by atoms with Crippen LogP contribution in [0.15, 0.2) is 36.8 Å². The number of hydrogen-bond donors (Lipinski definition) is 0. The summed E-state index contributed by atoms with van der Waals surface area (Å²) >= 11 is 0. The van der Waals surface area contributed by atoms with Crippen molar-refractivity contribution >= 4 is 23.8 Å². The minimum atomic E-state index is -0.771. The maximum atomic E-state index is 13.7. The summed E-state index contributed by atoms with van der Waals surface area (Å²) < 4.78 is 11.2. The number of esters is 1. The number of aromatic nitrogens is 2. The molecule has 1 saturated carbocycles. The fraction of sp³-hybridized carbons (Fsp3) is 0.536. The average Bonchev–Trinajstić information content (AvgIpc) is 3.57. The summed E-state index contributed by atoms with van der Waals surface area (Å²) in [6.45, 7) is 7.91. The molecule has 3 fully saturated rings. The largest absolute Gasteiger partial charge is 0.449 e. The van der Waals surface area contributed by atoms with Gasteiger partial charge in [-0.2, -0.15) is 0 Å². The molecule has 2 amide bonds. The van der Waals surface area contributed by atoms with Crippen molar-refractivity contribution in [2.24, 2.45) is 5.92 Å². The van der Waals surface area contributed by atoms with Crippen molar-refractivity contribution in [3.05, 3.63) is 53.5 Å². The molecule has 200 valence electrons. The van der Waals surface area contributed by atoms with Gasteiger partial charge in [-0.1, -0.05) is 19.9 Å². The summed E-state index contributed by atoms with van der Waals surface area (Å²) in [5, 5.41) is 0. The standard InChI is InChI=1S/C28H33N5O5/c1-19(2)17-37-26(36)32-13-11-31(12-14-32)23-4-3-20(15-30-23)27(6-7-27)25(35)33-10-8-28(18-33)22-5-9-29-16-21(22)24(34)38-28/h3-5,9,15-16,19H,6-8,10-14,17-18H2,1-2H3. The molecule has 2 aromatic rings. The van der Waals surface area contributed by atoms with Gasteiger partial charge in [-0.15, -0.1) is 0 Å². The molecule has 0 bridgehead atoms. The molecule has 0 N–H and O–H groups in total. The molecule has 38 heavy (non-hydrogen) atoms. The van der Waals surface area contributed by atoms with Gasteiger partial charge < -0.3 is 24.2 Å². The maximum absolute atomic E-state index is 13.7. The molecular weight excluding hydrogens is 486 g/mol. The molecule has 1 unspecified atom stereocenters. The highest BCUT2D eigenvalue weighted by Crippen LogP contribution is 2.52. The Morgan fingerprint density at radius 2 is 1.82 bits per heavy atom. The molecule has 1 spiro atoms. The third kappa shape index (κ3) is 4.16. The van der Waals surface area contributed by atoms with Crippen LogP contribution in [0, 0.1) is 5.92 Å². The van der Waals surface area contributed by atoms with Gasteiger partial charge in [0.1, 0.15) is 5.82 Å². The Kier molecular flexibility index (Phi) is 6.00. The van der Waals surface area contributed by atoms with Crippen molar-refractivity contribution in [3.8, 4) is 0 Å². The molecule has 5 heterocycles. The van der Waals surface area contributed by atoms with Gasteiger partial charge in [-0.25, -0.2) is 14.6 Å². The Hall–Kier alpha value is -3.69. The van der Waals surface area contributed by atoms with Crippen molar-refractivity contribution in [3.63, 3.8) is 0 Å². The quantitative estimate of drug-likeness (QED) is 0.556. The Bertz CT molecular complexity index is 1250. The lowest BCUT2D eigenvalue weighted by Crippen LogP contribution is -2.49. The monoisotopic (exact) mass is 519 g/mol. The summed E-state index contributed by atoms with van der Waals surface area (Å²) in [7, 11) is 0. The van der Waals surface area contributed by atoms with Crippen LogP contribution < -0.4 is 4.90 Å². The topological polar surface area (TPSA) is 105 Å². The maximum Gasteiger partial charge on any atom is 0.409 e. The van der Waals surface area contributed by atoms with E-state index >= 15 is 0 Å². The summed E-state index contributed by atoms with van der Waals surface area (Å²) in [5.74, 6) is 0.869. The highest BCUT2D eigenvalue weighted by atomic mass is 16.6. The lowest BCUT2D eigenvalue weighted by atomic mass is 9.92. The number of fused-ring (bicyclic) bond motifs is 2. The highest BCUT2D eigenvalue weighted by molar-refractivity contribution is 5.95. The van der Waals surface area contributed by atoms with Gasteiger partial charge in [0.15, 0.2) is 5.60 Å². The number of nitrogens with zero attached hydrogens (tertiary/aromatic N) is 5. The van der Waals surface area contributed by atoms with Crippen LogP contribution in [0.1, 0.15) is 54.6 Å². The van der Waals surface area contributed by atoms with E-state index in [0.717, 1.165) is 29.8 Å². The van der Waals surface area contributed by atoms with Crippen LogP contribution in [-0.2, 0) is 25.3 Å². The number of carbonyl (C=O) groups is 3. The van der Waals surface area contributed by atoms with E-state index in [1.165, 1.54) is 0 Å². The number of piperazine rings is 1. The van der Waals surface area contributed by atoms with Gasteiger partial charge in [0.25, 0.3) is 0 Å². The van der Waals surface area contributed by atoms with E-state index in [2.05, 4.69) is 9.88 Å². The number of anilines is 1. The fourth-order valence-corrected chi connectivity index (χ4v) is 5.86. The van der Waals surface area contributed by atoms with E-state index in [-0.39, 0.29) is 18.0 Å². The normalized spacial score (nSPS) is 23.6. The number of likely N-dealkylation sites (tertiary alicyclic amines) is 1. The van der Waals surface area contributed by atoms with Gasteiger partial charge in [-0.3, -0.25) is 9.78 Å². The summed E-state index contributed by atoms with van der Waals surface area (Å²) in [4.78, 5) is 52.9. The van der Waals surface area contributed by atoms with Crippen molar-refractivity contribution in [2.75, 3.05) is 50.8 Å². The highest BCUT2D eigenvalue weighted by Gasteiger charge is 2.58. The van der Waals surface area contributed by atoms with Gasteiger partial charge >= 0.3 is 12.1 Å². The zero-order chi connectivity index (χ0) is 26.5. The molecule has 1 atom stereocenters. The number of rotatable bonds is 5. The molecule has 10 nitrogen and oxygen atoms in total. The zero-order valence-corrected chi connectivity index (χ0v) is 21.9. The minimum Gasteiger partial charge on any atom is -0.449 e. The molecule has 0 radical (unpaired) electrons.